The Bertz CT molecular complexity index is 692. The van der Waals surface area contributed by atoms with E-state index < -0.39 is 0 Å². The SMILES string of the molecule is C=Cn1ncc(CN(Cc2ccccc2F)CC2CCCO2)c1C. The minimum atomic E-state index is -0.159. The number of hydrogen-bond donors (Lipinski definition) is 0. The summed E-state index contributed by atoms with van der Waals surface area (Å²) in [6, 6.07) is 6.96. The molecule has 0 bridgehead atoms. The Kier molecular flexibility index (Phi) is 5.43. The molecule has 1 aromatic heterocycles. The molecule has 0 saturated carbocycles. The highest BCUT2D eigenvalue weighted by molar-refractivity contribution is 5.26. The summed E-state index contributed by atoms with van der Waals surface area (Å²) >= 11 is 0. The highest BCUT2D eigenvalue weighted by Crippen LogP contribution is 2.19. The van der Waals surface area contributed by atoms with Crippen molar-refractivity contribution >= 4 is 6.20 Å². The van der Waals surface area contributed by atoms with Gasteiger partial charge in [-0.2, -0.15) is 5.10 Å². The first-order valence-corrected chi connectivity index (χ1v) is 8.40. The molecule has 0 amide bonds. The normalized spacial score (nSPS) is 17.5. The third kappa shape index (κ3) is 3.91. The van der Waals surface area contributed by atoms with E-state index in [2.05, 4.69) is 16.6 Å². The predicted molar refractivity (Wildman–Crippen MR) is 92.8 cm³/mol. The van der Waals surface area contributed by atoms with Crippen molar-refractivity contribution in [2.24, 2.45) is 0 Å². The van der Waals surface area contributed by atoms with Gasteiger partial charge in [0, 0.05) is 49.3 Å². The molecule has 128 valence electrons. The monoisotopic (exact) mass is 329 g/mol. The van der Waals surface area contributed by atoms with Gasteiger partial charge in [-0.05, 0) is 25.8 Å². The number of halogens is 1. The summed E-state index contributed by atoms with van der Waals surface area (Å²) in [6.07, 6.45) is 5.96. The van der Waals surface area contributed by atoms with E-state index >= 15 is 0 Å². The van der Waals surface area contributed by atoms with Crippen molar-refractivity contribution in [3.63, 3.8) is 0 Å². The zero-order valence-electron chi connectivity index (χ0n) is 14.1. The van der Waals surface area contributed by atoms with Gasteiger partial charge in [0.05, 0.1) is 12.3 Å². The summed E-state index contributed by atoms with van der Waals surface area (Å²) in [6.45, 7) is 8.69. The molecule has 5 heteroatoms. The summed E-state index contributed by atoms with van der Waals surface area (Å²) in [5, 5.41) is 4.31. The van der Waals surface area contributed by atoms with E-state index in [4.69, 9.17) is 4.74 Å². The average Bonchev–Trinajstić information content (AvgIpc) is 3.20. The van der Waals surface area contributed by atoms with Crippen molar-refractivity contribution in [1.29, 1.82) is 0 Å². The van der Waals surface area contributed by atoms with E-state index in [-0.39, 0.29) is 11.9 Å². The fourth-order valence-corrected chi connectivity index (χ4v) is 3.17. The van der Waals surface area contributed by atoms with Crippen LogP contribution in [0.3, 0.4) is 0 Å². The highest BCUT2D eigenvalue weighted by Gasteiger charge is 2.21. The molecule has 0 spiro atoms. The Labute approximate surface area is 142 Å². The summed E-state index contributed by atoms with van der Waals surface area (Å²) in [4.78, 5) is 2.24. The van der Waals surface area contributed by atoms with Crippen molar-refractivity contribution in [1.82, 2.24) is 14.7 Å². The molecule has 24 heavy (non-hydrogen) atoms. The van der Waals surface area contributed by atoms with Gasteiger partial charge < -0.3 is 4.74 Å². The first kappa shape index (κ1) is 16.9. The Morgan fingerprint density at radius 3 is 2.83 bits per heavy atom. The van der Waals surface area contributed by atoms with Crippen molar-refractivity contribution in [3.05, 3.63) is 59.7 Å². The zero-order valence-corrected chi connectivity index (χ0v) is 14.1. The maximum absolute atomic E-state index is 14.1. The molecular weight excluding hydrogens is 305 g/mol. The lowest BCUT2D eigenvalue weighted by Crippen LogP contribution is -2.32. The lowest BCUT2D eigenvalue weighted by atomic mass is 10.1. The molecule has 1 fully saturated rings. The molecule has 1 saturated heterocycles. The van der Waals surface area contributed by atoms with Crippen LogP contribution in [-0.2, 0) is 17.8 Å². The molecule has 0 aliphatic carbocycles. The Morgan fingerprint density at radius 1 is 1.38 bits per heavy atom. The van der Waals surface area contributed by atoms with E-state index in [0.29, 0.717) is 18.7 Å². The highest BCUT2D eigenvalue weighted by atomic mass is 19.1. The zero-order chi connectivity index (χ0) is 16.9. The number of nitrogens with zero attached hydrogens (tertiary/aromatic N) is 3. The molecule has 1 atom stereocenters. The quantitative estimate of drug-likeness (QED) is 0.777. The molecule has 0 radical (unpaired) electrons. The number of ether oxygens (including phenoxy) is 1. The van der Waals surface area contributed by atoms with E-state index in [1.807, 2.05) is 25.3 Å². The molecule has 4 nitrogen and oxygen atoms in total. The van der Waals surface area contributed by atoms with Crippen molar-refractivity contribution in [3.8, 4) is 0 Å². The fourth-order valence-electron chi connectivity index (χ4n) is 3.17. The summed E-state index contributed by atoms with van der Waals surface area (Å²) in [7, 11) is 0. The number of hydrogen-bond acceptors (Lipinski definition) is 3. The number of aromatic nitrogens is 2. The second kappa shape index (κ2) is 7.73. The van der Waals surface area contributed by atoms with E-state index in [1.54, 1.807) is 16.9 Å². The molecule has 1 aliphatic heterocycles. The van der Waals surface area contributed by atoms with Gasteiger partial charge in [-0.1, -0.05) is 24.8 Å². The van der Waals surface area contributed by atoms with Crippen molar-refractivity contribution < 1.29 is 9.13 Å². The molecule has 1 aromatic carbocycles. The molecule has 2 heterocycles. The van der Waals surface area contributed by atoms with Crippen LogP contribution in [0.25, 0.3) is 6.20 Å². The standard InChI is InChI=1S/C19H24FN3O/c1-3-23-15(2)17(11-21-23)13-22(14-18-8-6-10-24-18)12-16-7-4-5-9-19(16)20/h3-5,7,9,11,18H,1,6,8,10,12-14H2,2H3. The van der Waals surface area contributed by atoms with Gasteiger partial charge in [0.25, 0.3) is 0 Å². The molecule has 2 aromatic rings. The molecular formula is C19H24FN3O. The fraction of sp³-hybridized carbons (Fsp3) is 0.421. The van der Waals surface area contributed by atoms with Crippen LogP contribution in [0.4, 0.5) is 4.39 Å². The van der Waals surface area contributed by atoms with Crippen LogP contribution in [0.1, 0.15) is 29.7 Å². The van der Waals surface area contributed by atoms with Crippen molar-refractivity contribution in [2.45, 2.75) is 39.0 Å². The van der Waals surface area contributed by atoms with Crippen LogP contribution < -0.4 is 0 Å². The third-order valence-electron chi connectivity index (χ3n) is 4.55. The summed E-state index contributed by atoms with van der Waals surface area (Å²) in [5.74, 6) is -0.159. The van der Waals surface area contributed by atoms with Gasteiger partial charge in [0.2, 0.25) is 0 Å². The van der Waals surface area contributed by atoms with Gasteiger partial charge in [-0.25, -0.2) is 9.07 Å². The van der Waals surface area contributed by atoms with Crippen LogP contribution in [-0.4, -0.2) is 33.9 Å². The third-order valence-corrected chi connectivity index (χ3v) is 4.55. The number of rotatable bonds is 7. The van der Waals surface area contributed by atoms with Gasteiger partial charge in [0.15, 0.2) is 0 Å². The topological polar surface area (TPSA) is 30.3 Å². The first-order chi connectivity index (χ1) is 11.7. The van der Waals surface area contributed by atoms with E-state index in [9.17, 15) is 4.39 Å². The lowest BCUT2D eigenvalue weighted by Gasteiger charge is -2.25. The van der Waals surface area contributed by atoms with Crippen LogP contribution >= 0.6 is 0 Å². The second-order valence-corrected chi connectivity index (χ2v) is 6.28. The maximum atomic E-state index is 14.1. The van der Waals surface area contributed by atoms with Gasteiger partial charge in [0.1, 0.15) is 5.82 Å². The van der Waals surface area contributed by atoms with E-state index in [0.717, 1.165) is 37.3 Å². The minimum Gasteiger partial charge on any atom is -0.377 e. The summed E-state index contributed by atoms with van der Waals surface area (Å²) in [5.41, 5.74) is 2.91. The van der Waals surface area contributed by atoms with Crippen LogP contribution in [0.2, 0.25) is 0 Å². The van der Waals surface area contributed by atoms with Gasteiger partial charge >= 0.3 is 0 Å². The first-order valence-electron chi connectivity index (χ1n) is 8.40. The van der Waals surface area contributed by atoms with E-state index in [1.165, 1.54) is 6.07 Å². The lowest BCUT2D eigenvalue weighted by molar-refractivity contribution is 0.0674. The molecule has 1 unspecified atom stereocenters. The molecule has 1 aliphatic rings. The van der Waals surface area contributed by atoms with Crippen LogP contribution in [0.15, 0.2) is 37.0 Å². The van der Waals surface area contributed by atoms with Crippen LogP contribution in [0.5, 0.6) is 0 Å². The van der Waals surface area contributed by atoms with Crippen LogP contribution in [0, 0.1) is 12.7 Å². The molecule has 3 rings (SSSR count). The average molecular weight is 329 g/mol. The maximum Gasteiger partial charge on any atom is 0.127 e. The summed E-state index contributed by atoms with van der Waals surface area (Å²) < 4.78 is 21.6. The minimum absolute atomic E-state index is 0.159. The Hall–Kier alpha value is -1.98. The largest absolute Gasteiger partial charge is 0.377 e. The van der Waals surface area contributed by atoms with Crippen molar-refractivity contribution in [2.75, 3.05) is 13.2 Å². The Balaban J connectivity index is 1.77. The number of benzene rings is 1. The smallest absolute Gasteiger partial charge is 0.127 e. The van der Waals surface area contributed by atoms with Gasteiger partial charge in [-0.3, -0.25) is 4.90 Å². The predicted octanol–water partition coefficient (Wildman–Crippen LogP) is 3.61. The molecule has 0 N–H and O–H groups in total. The van der Waals surface area contributed by atoms with Gasteiger partial charge in [-0.15, -0.1) is 0 Å². The second-order valence-electron chi connectivity index (χ2n) is 6.28. The Morgan fingerprint density at radius 2 is 2.17 bits per heavy atom.